The van der Waals surface area contributed by atoms with Crippen molar-refractivity contribution in [2.45, 2.75) is 25.6 Å². The molecule has 0 amide bonds. The molecule has 0 saturated carbocycles. The van der Waals surface area contributed by atoms with Crippen LogP contribution in [0.25, 0.3) is 0 Å². The standard InChI is InChI=1S/C11H14BrNO/c1-8-7-14-11(2,13-8)9-3-5-10(12)6-4-9/h3-6,8,13H,7H2,1-2H3. The Hall–Kier alpha value is -0.380. The van der Waals surface area contributed by atoms with Gasteiger partial charge in [-0.1, -0.05) is 28.1 Å². The lowest BCUT2D eigenvalue weighted by Gasteiger charge is -2.24. The number of hydrogen-bond acceptors (Lipinski definition) is 2. The molecule has 1 fully saturated rings. The van der Waals surface area contributed by atoms with E-state index in [1.54, 1.807) is 0 Å². The van der Waals surface area contributed by atoms with Gasteiger partial charge in [-0.3, -0.25) is 5.32 Å². The number of nitrogens with one attached hydrogen (secondary N) is 1. The summed E-state index contributed by atoms with van der Waals surface area (Å²) in [7, 11) is 0. The van der Waals surface area contributed by atoms with Gasteiger partial charge in [-0.05, 0) is 31.5 Å². The van der Waals surface area contributed by atoms with Gasteiger partial charge in [0.05, 0.1) is 6.61 Å². The molecular formula is C11H14BrNO. The van der Waals surface area contributed by atoms with Crippen molar-refractivity contribution in [2.24, 2.45) is 0 Å². The molecule has 1 heterocycles. The Morgan fingerprint density at radius 2 is 2.07 bits per heavy atom. The lowest BCUT2D eigenvalue weighted by atomic mass is 10.1. The summed E-state index contributed by atoms with van der Waals surface area (Å²) in [6, 6.07) is 8.65. The maximum Gasteiger partial charge on any atom is 0.142 e. The monoisotopic (exact) mass is 255 g/mol. The minimum atomic E-state index is -0.319. The summed E-state index contributed by atoms with van der Waals surface area (Å²) >= 11 is 3.42. The predicted octanol–water partition coefficient (Wildman–Crippen LogP) is 2.63. The van der Waals surface area contributed by atoms with Crippen molar-refractivity contribution >= 4 is 15.9 Å². The molecule has 76 valence electrons. The number of rotatable bonds is 1. The molecule has 3 heteroatoms. The van der Waals surface area contributed by atoms with E-state index in [1.807, 2.05) is 12.1 Å². The lowest BCUT2D eigenvalue weighted by Crippen LogP contribution is -2.37. The van der Waals surface area contributed by atoms with E-state index in [0.717, 1.165) is 11.1 Å². The summed E-state index contributed by atoms with van der Waals surface area (Å²) in [4.78, 5) is 0. The van der Waals surface area contributed by atoms with Crippen LogP contribution in [-0.2, 0) is 10.5 Å². The summed E-state index contributed by atoms with van der Waals surface area (Å²) in [5.41, 5.74) is 0.852. The van der Waals surface area contributed by atoms with Crippen LogP contribution in [0.5, 0.6) is 0 Å². The van der Waals surface area contributed by atoms with Crippen LogP contribution in [0, 0.1) is 0 Å². The van der Waals surface area contributed by atoms with Gasteiger partial charge in [-0.25, -0.2) is 0 Å². The van der Waals surface area contributed by atoms with Crippen LogP contribution in [0.15, 0.2) is 28.7 Å². The minimum Gasteiger partial charge on any atom is -0.355 e. The van der Waals surface area contributed by atoms with Crippen molar-refractivity contribution in [3.63, 3.8) is 0 Å². The third-order valence-electron chi connectivity index (χ3n) is 2.54. The van der Waals surface area contributed by atoms with Gasteiger partial charge in [0.1, 0.15) is 5.72 Å². The third-order valence-corrected chi connectivity index (χ3v) is 3.07. The van der Waals surface area contributed by atoms with Gasteiger partial charge in [0.25, 0.3) is 0 Å². The van der Waals surface area contributed by atoms with Crippen LogP contribution in [0.4, 0.5) is 0 Å². The first-order valence-electron chi connectivity index (χ1n) is 4.78. The van der Waals surface area contributed by atoms with Crippen LogP contribution in [0.1, 0.15) is 19.4 Å². The van der Waals surface area contributed by atoms with Crippen LogP contribution in [-0.4, -0.2) is 12.6 Å². The molecule has 1 aromatic rings. The fraction of sp³-hybridized carbons (Fsp3) is 0.455. The lowest BCUT2D eigenvalue weighted by molar-refractivity contribution is 0.00236. The van der Waals surface area contributed by atoms with E-state index in [-0.39, 0.29) is 5.72 Å². The van der Waals surface area contributed by atoms with E-state index >= 15 is 0 Å². The summed E-state index contributed by atoms with van der Waals surface area (Å²) in [6.45, 7) is 4.97. The molecule has 0 spiro atoms. The summed E-state index contributed by atoms with van der Waals surface area (Å²) in [6.07, 6.45) is 0. The Morgan fingerprint density at radius 3 is 2.57 bits per heavy atom. The van der Waals surface area contributed by atoms with Crippen molar-refractivity contribution < 1.29 is 4.74 Å². The zero-order chi connectivity index (χ0) is 10.2. The molecule has 2 nitrogen and oxygen atoms in total. The second-order valence-corrected chi connectivity index (χ2v) is 4.81. The van der Waals surface area contributed by atoms with E-state index in [4.69, 9.17) is 4.74 Å². The van der Waals surface area contributed by atoms with E-state index < -0.39 is 0 Å². The van der Waals surface area contributed by atoms with Crippen LogP contribution < -0.4 is 5.32 Å². The highest BCUT2D eigenvalue weighted by Gasteiger charge is 2.34. The van der Waals surface area contributed by atoms with Crippen molar-refractivity contribution in [1.82, 2.24) is 5.32 Å². The van der Waals surface area contributed by atoms with Crippen molar-refractivity contribution in [3.8, 4) is 0 Å². The van der Waals surface area contributed by atoms with Gasteiger partial charge in [-0.15, -0.1) is 0 Å². The first kappa shape index (κ1) is 10.1. The molecule has 1 saturated heterocycles. The Kier molecular flexibility index (Phi) is 2.64. The molecule has 0 radical (unpaired) electrons. The third kappa shape index (κ3) is 1.85. The molecule has 2 rings (SSSR count). The van der Waals surface area contributed by atoms with E-state index in [1.165, 1.54) is 5.56 Å². The highest BCUT2D eigenvalue weighted by molar-refractivity contribution is 9.10. The maximum atomic E-state index is 5.75. The molecule has 1 aliphatic rings. The van der Waals surface area contributed by atoms with Gasteiger partial charge >= 0.3 is 0 Å². The van der Waals surface area contributed by atoms with Crippen molar-refractivity contribution in [1.29, 1.82) is 0 Å². The topological polar surface area (TPSA) is 21.3 Å². The smallest absolute Gasteiger partial charge is 0.142 e. The molecule has 2 unspecified atom stereocenters. The Balaban J connectivity index is 2.26. The van der Waals surface area contributed by atoms with Gasteiger partial charge in [0.15, 0.2) is 0 Å². The highest BCUT2D eigenvalue weighted by atomic mass is 79.9. The maximum absolute atomic E-state index is 5.75. The molecule has 0 aliphatic carbocycles. The zero-order valence-corrected chi connectivity index (χ0v) is 9.97. The highest BCUT2D eigenvalue weighted by Crippen LogP contribution is 2.28. The van der Waals surface area contributed by atoms with Crippen molar-refractivity contribution in [2.75, 3.05) is 6.61 Å². The Bertz CT molecular complexity index is 325. The predicted molar refractivity (Wildman–Crippen MR) is 60.0 cm³/mol. The van der Waals surface area contributed by atoms with Gasteiger partial charge in [0, 0.05) is 10.5 Å². The number of benzene rings is 1. The summed E-state index contributed by atoms with van der Waals surface area (Å²) in [5, 5.41) is 3.43. The Morgan fingerprint density at radius 1 is 1.43 bits per heavy atom. The summed E-state index contributed by atoms with van der Waals surface area (Å²) in [5.74, 6) is 0. The molecule has 1 aliphatic heterocycles. The quantitative estimate of drug-likeness (QED) is 0.834. The molecule has 0 bridgehead atoms. The molecule has 1 N–H and O–H groups in total. The second kappa shape index (κ2) is 3.65. The first-order chi connectivity index (χ1) is 6.60. The Labute approximate surface area is 92.8 Å². The van der Waals surface area contributed by atoms with E-state index in [2.05, 4.69) is 47.2 Å². The largest absolute Gasteiger partial charge is 0.355 e. The molecular weight excluding hydrogens is 242 g/mol. The normalized spacial score (nSPS) is 32.1. The average Bonchev–Trinajstić information content (AvgIpc) is 2.48. The van der Waals surface area contributed by atoms with Gasteiger partial charge in [-0.2, -0.15) is 0 Å². The number of hydrogen-bond donors (Lipinski definition) is 1. The minimum absolute atomic E-state index is 0.319. The van der Waals surface area contributed by atoms with Crippen LogP contribution in [0.3, 0.4) is 0 Å². The number of halogens is 1. The van der Waals surface area contributed by atoms with Gasteiger partial charge in [0.2, 0.25) is 0 Å². The SMILES string of the molecule is CC1COC(C)(c2ccc(Br)cc2)N1. The summed E-state index contributed by atoms with van der Waals surface area (Å²) < 4.78 is 6.85. The first-order valence-corrected chi connectivity index (χ1v) is 5.57. The van der Waals surface area contributed by atoms with Crippen LogP contribution >= 0.6 is 15.9 Å². The molecule has 2 atom stereocenters. The van der Waals surface area contributed by atoms with E-state index in [9.17, 15) is 0 Å². The molecule has 1 aromatic carbocycles. The van der Waals surface area contributed by atoms with Gasteiger partial charge < -0.3 is 4.74 Å². The van der Waals surface area contributed by atoms with Crippen LogP contribution in [0.2, 0.25) is 0 Å². The molecule has 0 aromatic heterocycles. The number of ether oxygens (including phenoxy) is 1. The second-order valence-electron chi connectivity index (χ2n) is 3.90. The zero-order valence-electron chi connectivity index (χ0n) is 8.38. The fourth-order valence-electron chi connectivity index (χ4n) is 1.78. The van der Waals surface area contributed by atoms with Crippen molar-refractivity contribution in [3.05, 3.63) is 34.3 Å². The fourth-order valence-corrected chi connectivity index (χ4v) is 2.04. The van der Waals surface area contributed by atoms with E-state index in [0.29, 0.717) is 6.04 Å². The molecule has 14 heavy (non-hydrogen) atoms. The average molecular weight is 256 g/mol.